The SMILES string of the molecule is N#Cc1cocc1[C@@H](N)C1CC1. The molecule has 1 aromatic rings. The molecule has 3 heteroatoms. The van der Waals surface area contributed by atoms with Crippen LogP contribution < -0.4 is 5.73 Å². The molecule has 2 N–H and O–H groups in total. The number of nitrogens with two attached hydrogens (primary N) is 1. The molecule has 1 aliphatic rings. The van der Waals surface area contributed by atoms with Crippen LogP contribution in [0.5, 0.6) is 0 Å². The van der Waals surface area contributed by atoms with E-state index in [-0.39, 0.29) is 6.04 Å². The second kappa shape index (κ2) is 2.65. The zero-order chi connectivity index (χ0) is 8.55. The molecule has 12 heavy (non-hydrogen) atoms. The number of hydrogen-bond acceptors (Lipinski definition) is 3. The van der Waals surface area contributed by atoms with Crippen LogP contribution in [0.25, 0.3) is 0 Å². The van der Waals surface area contributed by atoms with Crippen molar-refractivity contribution in [1.82, 2.24) is 0 Å². The van der Waals surface area contributed by atoms with E-state index < -0.39 is 0 Å². The van der Waals surface area contributed by atoms with E-state index in [2.05, 4.69) is 6.07 Å². The highest BCUT2D eigenvalue weighted by Crippen LogP contribution is 2.40. The molecule has 3 nitrogen and oxygen atoms in total. The zero-order valence-corrected chi connectivity index (χ0v) is 6.66. The number of nitriles is 1. The minimum Gasteiger partial charge on any atom is -0.471 e. The van der Waals surface area contributed by atoms with Gasteiger partial charge in [0.1, 0.15) is 12.3 Å². The lowest BCUT2D eigenvalue weighted by atomic mass is 10.0. The van der Waals surface area contributed by atoms with E-state index >= 15 is 0 Å². The van der Waals surface area contributed by atoms with Crippen LogP contribution in [0.15, 0.2) is 16.9 Å². The Morgan fingerprint density at radius 2 is 2.33 bits per heavy atom. The van der Waals surface area contributed by atoms with Crippen molar-refractivity contribution < 1.29 is 4.42 Å². The molecule has 62 valence electrons. The van der Waals surface area contributed by atoms with Gasteiger partial charge >= 0.3 is 0 Å². The van der Waals surface area contributed by atoms with E-state index in [0.29, 0.717) is 11.5 Å². The predicted octanol–water partition coefficient (Wildman–Crippen LogP) is 1.56. The Morgan fingerprint density at radius 3 is 2.92 bits per heavy atom. The van der Waals surface area contributed by atoms with Gasteiger partial charge in [-0.15, -0.1) is 0 Å². The summed E-state index contributed by atoms with van der Waals surface area (Å²) in [6.45, 7) is 0. The summed E-state index contributed by atoms with van der Waals surface area (Å²) in [6, 6.07) is 2.06. The molecule has 2 rings (SSSR count). The van der Waals surface area contributed by atoms with E-state index in [4.69, 9.17) is 15.4 Å². The minimum absolute atomic E-state index is 0.00148. The minimum atomic E-state index is -0.00148. The normalized spacial score (nSPS) is 18.7. The maximum absolute atomic E-state index is 8.69. The lowest BCUT2D eigenvalue weighted by Crippen LogP contribution is -2.12. The quantitative estimate of drug-likeness (QED) is 0.717. The van der Waals surface area contributed by atoms with Crippen LogP contribution in [0.2, 0.25) is 0 Å². The fourth-order valence-electron chi connectivity index (χ4n) is 1.37. The molecule has 1 aliphatic carbocycles. The van der Waals surface area contributed by atoms with Crippen LogP contribution >= 0.6 is 0 Å². The first-order chi connectivity index (χ1) is 5.83. The molecule has 1 atom stereocenters. The van der Waals surface area contributed by atoms with Crippen molar-refractivity contribution in [2.45, 2.75) is 18.9 Å². The van der Waals surface area contributed by atoms with Crippen LogP contribution in [0, 0.1) is 17.2 Å². The van der Waals surface area contributed by atoms with E-state index in [1.54, 1.807) is 6.26 Å². The third-order valence-corrected chi connectivity index (χ3v) is 2.30. The van der Waals surface area contributed by atoms with E-state index in [9.17, 15) is 0 Å². The smallest absolute Gasteiger partial charge is 0.108 e. The molecule has 1 fully saturated rings. The Balaban J connectivity index is 2.26. The zero-order valence-electron chi connectivity index (χ0n) is 6.66. The highest BCUT2D eigenvalue weighted by molar-refractivity contribution is 5.36. The third-order valence-electron chi connectivity index (χ3n) is 2.30. The van der Waals surface area contributed by atoms with Gasteiger partial charge < -0.3 is 10.2 Å². The van der Waals surface area contributed by atoms with Gasteiger partial charge in [0.25, 0.3) is 0 Å². The summed E-state index contributed by atoms with van der Waals surface area (Å²) in [5, 5.41) is 8.69. The van der Waals surface area contributed by atoms with Crippen LogP contribution in [0.1, 0.15) is 30.0 Å². The first kappa shape index (κ1) is 7.38. The summed E-state index contributed by atoms with van der Waals surface area (Å²) < 4.78 is 4.93. The largest absolute Gasteiger partial charge is 0.471 e. The highest BCUT2D eigenvalue weighted by Gasteiger charge is 2.31. The van der Waals surface area contributed by atoms with Crippen molar-refractivity contribution in [1.29, 1.82) is 5.26 Å². The topological polar surface area (TPSA) is 63.0 Å². The van der Waals surface area contributed by atoms with E-state index in [1.165, 1.54) is 19.1 Å². The molecule has 1 heterocycles. The van der Waals surface area contributed by atoms with Gasteiger partial charge in [-0.2, -0.15) is 5.26 Å². The standard InChI is InChI=1S/C9H10N2O/c10-3-7-4-12-5-8(7)9(11)6-1-2-6/h4-6,9H,1-2,11H2/t9-/m0/s1. The van der Waals surface area contributed by atoms with Crippen LogP contribution in [-0.4, -0.2) is 0 Å². The molecule has 0 unspecified atom stereocenters. The highest BCUT2D eigenvalue weighted by atomic mass is 16.3. The maximum Gasteiger partial charge on any atom is 0.108 e. The molecule has 1 saturated carbocycles. The molecule has 1 aromatic heterocycles. The van der Waals surface area contributed by atoms with Gasteiger partial charge in [0, 0.05) is 11.6 Å². The summed E-state index contributed by atoms with van der Waals surface area (Å²) in [5.41, 5.74) is 7.35. The van der Waals surface area contributed by atoms with E-state index in [0.717, 1.165) is 5.56 Å². The van der Waals surface area contributed by atoms with Crippen molar-refractivity contribution >= 4 is 0 Å². The van der Waals surface area contributed by atoms with Crippen LogP contribution in [0.3, 0.4) is 0 Å². The monoisotopic (exact) mass is 162 g/mol. The summed E-state index contributed by atoms with van der Waals surface area (Å²) in [4.78, 5) is 0. The summed E-state index contributed by atoms with van der Waals surface area (Å²) in [6.07, 6.45) is 5.40. The first-order valence-corrected chi connectivity index (χ1v) is 4.04. The van der Waals surface area contributed by atoms with Gasteiger partial charge in [0.05, 0.1) is 11.8 Å². The van der Waals surface area contributed by atoms with Gasteiger partial charge in [-0.25, -0.2) is 0 Å². The van der Waals surface area contributed by atoms with Crippen LogP contribution in [-0.2, 0) is 0 Å². The van der Waals surface area contributed by atoms with Crippen molar-refractivity contribution in [3.05, 3.63) is 23.7 Å². The van der Waals surface area contributed by atoms with Gasteiger partial charge in [0.15, 0.2) is 0 Å². The summed E-state index contributed by atoms with van der Waals surface area (Å²) in [5.74, 6) is 0.565. The summed E-state index contributed by atoms with van der Waals surface area (Å²) >= 11 is 0. The van der Waals surface area contributed by atoms with Gasteiger partial charge in [0.2, 0.25) is 0 Å². The predicted molar refractivity (Wildman–Crippen MR) is 43.1 cm³/mol. The van der Waals surface area contributed by atoms with Crippen molar-refractivity contribution in [2.75, 3.05) is 0 Å². The molecule has 0 aliphatic heterocycles. The lowest BCUT2D eigenvalue weighted by Gasteiger charge is -2.06. The first-order valence-electron chi connectivity index (χ1n) is 4.04. The number of furan rings is 1. The fraction of sp³-hybridized carbons (Fsp3) is 0.444. The summed E-state index contributed by atoms with van der Waals surface area (Å²) in [7, 11) is 0. The molecule has 0 aromatic carbocycles. The van der Waals surface area contributed by atoms with Crippen molar-refractivity contribution in [2.24, 2.45) is 11.7 Å². The third kappa shape index (κ3) is 1.10. The average molecular weight is 162 g/mol. The molecule has 0 amide bonds. The Morgan fingerprint density at radius 1 is 1.58 bits per heavy atom. The maximum atomic E-state index is 8.69. The molecule has 0 saturated heterocycles. The molecule has 0 spiro atoms. The van der Waals surface area contributed by atoms with Crippen molar-refractivity contribution in [3.63, 3.8) is 0 Å². The Labute approximate surface area is 70.8 Å². The number of rotatable bonds is 2. The number of nitrogens with zero attached hydrogens (tertiary/aromatic N) is 1. The Kier molecular flexibility index (Phi) is 1.63. The molecular formula is C9H10N2O. The second-order valence-electron chi connectivity index (χ2n) is 3.22. The molecular weight excluding hydrogens is 152 g/mol. The van der Waals surface area contributed by atoms with E-state index in [1.807, 2.05) is 0 Å². The van der Waals surface area contributed by atoms with Gasteiger partial charge in [-0.1, -0.05) is 0 Å². The van der Waals surface area contributed by atoms with Gasteiger partial charge in [-0.3, -0.25) is 0 Å². The lowest BCUT2D eigenvalue weighted by molar-refractivity contribution is 0.551. The molecule has 0 radical (unpaired) electrons. The van der Waals surface area contributed by atoms with Crippen LogP contribution in [0.4, 0.5) is 0 Å². The average Bonchev–Trinajstić information content (AvgIpc) is 2.82. The number of hydrogen-bond donors (Lipinski definition) is 1. The second-order valence-corrected chi connectivity index (χ2v) is 3.22. The Bertz CT molecular complexity index is 320. The fourth-order valence-corrected chi connectivity index (χ4v) is 1.37. The molecule has 0 bridgehead atoms. The van der Waals surface area contributed by atoms with Crippen molar-refractivity contribution in [3.8, 4) is 6.07 Å². The Hall–Kier alpha value is -1.27. The van der Waals surface area contributed by atoms with Gasteiger partial charge in [-0.05, 0) is 18.8 Å².